The van der Waals surface area contributed by atoms with Gasteiger partial charge < -0.3 is 10.5 Å². The van der Waals surface area contributed by atoms with E-state index in [0.717, 1.165) is 29.6 Å². The lowest BCUT2D eigenvalue weighted by Gasteiger charge is -2.14. The van der Waals surface area contributed by atoms with Crippen molar-refractivity contribution < 1.29 is 18.3 Å². The number of aryl methyl sites for hydroxylation is 1. The third kappa shape index (κ3) is 4.83. The molecule has 1 amide bonds. The van der Waals surface area contributed by atoms with E-state index in [1.54, 1.807) is 19.2 Å². The summed E-state index contributed by atoms with van der Waals surface area (Å²) >= 11 is 1.07. The molecule has 0 atom stereocenters. The first-order valence-corrected chi connectivity index (χ1v) is 10.4. The minimum absolute atomic E-state index is 0.00405. The van der Waals surface area contributed by atoms with Gasteiger partial charge in [0.2, 0.25) is 0 Å². The topological polar surface area (TPSA) is 112 Å². The first-order valence-electron chi connectivity index (χ1n) is 9.19. The van der Waals surface area contributed by atoms with Crippen molar-refractivity contribution in [3.63, 3.8) is 0 Å². The third-order valence-corrected chi connectivity index (χ3v) is 4.99. The van der Waals surface area contributed by atoms with E-state index in [4.69, 9.17) is 10.5 Å². The molecule has 3 aromatic rings. The number of aliphatic imine (C=N–C) groups is 1. The van der Waals surface area contributed by atoms with Gasteiger partial charge in [-0.2, -0.15) is 4.99 Å². The Hall–Kier alpha value is -3.60. The van der Waals surface area contributed by atoms with Crippen molar-refractivity contribution in [2.45, 2.75) is 13.3 Å². The summed E-state index contributed by atoms with van der Waals surface area (Å²) in [7, 11) is 1.35. The molecule has 8 nitrogen and oxygen atoms in total. The Balaban J connectivity index is 2.31. The summed E-state index contributed by atoms with van der Waals surface area (Å²) in [5, 5.41) is 0.0229. The van der Waals surface area contributed by atoms with E-state index in [9.17, 15) is 18.4 Å². The molecular weight excluding hydrogens is 440 g/mol. The maximum absolute atomic E-state index is 13.3. The van der Waals surface area contributed by atoms with E-state index in [1.807, 2.05) is 0 Å². The summed E-state index contributed by atoms with van der Waals surface area (Å²) in [6.07, 6.45) is 2.70. The number of nitrogens with zero attached hydrogens (tertiary/aromatic N) is 4. The average molecular weight is 459 g/mol. The van der Waals surface area contributed by atoms with Gasteiger partial charge in [0.1, 0.15) is 17.3 Å². The predicted octanol–water partition coefficient (Wildman–Crippen LogP) is 3.37. The summed E-state index contributed by atoms with van der Waals surface area (Å²) in [6.45, 7) is 1.77. The summed E-state index contributed by atoms with van der Waals surface area (Å²) in [6, 6.07) is 5.69. The average Bonchev–Trinajstić information content (AvgIpc) is 2.78. The summed E-state index contributed by atoms with van der Waals surface area (Å²) in [4.78, 5) is 36.9. The molecule has 0 radical (unpaired) electrons. The monoisotopic (exact) mass is 459 g/mol. The van der Waals surface area contributed by atoms with E-state index in [2.05, 4.69) is 15.0 Å². The van der Waals surface area contributed by atoms with Crippen molar-refractivity contribution in [3.05, 3.63) is 70.0 Å². The van der Waals surface area contributed by atoms with Gasteiger partial charge >= 0.3 is 0 Å². The van der Waals surface area contributed by atoms with Gasteiger partial charge in [0.05, 0.1) is 18.9 Å². The van der Waals surface area contributed by atoms with E-state index < -0.39 is 18.0 Å². The molecule has 0 fully saturated rings. The second-order valence-electron chi connectivity index (χ2n) is 6.57. The SMILES string of the molecule is COc1cnc(C(F)F)cc1-c1cc(-n2ccc(C)cc2=O)ncc1C(=O)N=C(N)SC. The van der Waals surface area contributed by atoms with Crippen LogP contribution in [0.3, 0.4) is 0 Å². The number of carbonyl (C=O) groups excluding carboxylic acids is 1. The maximum atomic E-state index is 13.3. The van der Waals surface area contributed by atoms with Crippen LogP contribution in [-0.4, -0.2) is 39.0 Å². The maximum Gasteiger partial charge on any atom is 0.281 e. The zero-order valence-corrected chi connectivity index (χ0v) is 18.2. The standard InChI is InChI=1S/C21H19F2N5O3S/c1-11-4-5-28(18(29)6-11)17-8-12(14(9-26-17)20(30)27-21(24)32-3)13-7-15(19(22)23)25-10-16(13)31-2/h4-10,19H,1-3H3,(H2,24,27,30). The highest BCUT2D eigenvalue weighted by Gasteiger charge is 2.21. The Labute approximate surface area is 186 Å². The molecule has 0 aliphatic carbocycles. The number of hydrogen-bond acceptors (Lipinski definition) is 6. The van der Waals surface area contributed by atoms with Gasteiger partial charge in [-0.05, 0) is 36.9 Å². The number of halogens is 2. The first-order chi connectivity index (χ1) is 15.2. The number of pyridine rings is 3. The Kier molecular flexibility index (Phi) is 6.98. The highest BCUT2D eigenvalue weighted by atomic mass is 32.2. The lowest BCUT2D eigenvalue weighted by molar-refractivity contribution is 0.100. The molecule has 0 aromatic carbocycles. The van der Waals surface area contributed by atoms with Gasteiger partial charge in [0.25, 0.3) is 17.9 Å². The minimum atomic E-state index is -2.84. The van der Waals surface area contributed by atoms with Crippen molar-refractivity contribution in [3.8, 4) is 22.7 Å². The number of aromatic nitrogens is 3. The van der Waals surface area contributed by atoms with Gasteiger partial charge in [-0.3, -0.25) is 19.1 Å². The number of carbonyl (C=O) groups is 1. The fourth-order valence-electron chi connectivity index (χ4n) is 2.89. The summed E-state index contributed by atoms with van der Waals surface area (Å²) in [5.74, 6) is -0.390. The van der Waals surface area contributed by atoms with Crippen molar-refractivity contribution >= 4 is 22.8 Å². The Morgan fingerprint density at radius 1 is 1.22 bits per heavy atom. The van der Waals surface area contributed by atoms with Crippen molar-refractivity contribution in [2.75, 3.05) is 13.4 Å². The lowest BCUT2D eigenvalue weighted by atomic mass is 10.00. The molecule has 3 rings (SSSR count). The van der Waals surface area contributed by atoms with Crippen LogP contribution >= 0.6 is 11.8 Å². The van der Waals surface area contributed by atoms with Crippen LogP contribution in [0, 0.1) is 6.92 Å². The molecule has 0 saturated heterocycles. The molecule has 3 aromatic heterocycles. The Bertz CT molecular complexity index is 1260. The van der Waals surface area contributed by atoms with E-state index in [1.165, 1.54) is 36.2 Å². The van der Waals surface area contributed by atoms with Crippen LogP contribution in [0.1, 0.15) is 28.0 Å². The highest BCUT2D eigenvalue weighted by Crippen LogP contribution is 2.35. The minimum Gasteiger partial charge on any atom is -0.494 e. The van der Waals surface area contributed by atoms with Crippen LogP contribution < -0.4 is 16.0 Å². The van der Waals surface area contributed by atoms with Gasteiger partial charge in [-0.1, -0.05) is 11.8 Å². The van der Waals surface area contributed by atoms with E-state index in [-0.39, 0.29) is 39.0 Å². The van der Waals surface area contributed by atoms with Gasteiger partial charge in [0.15, 0.2) is 5.17 Å². The first kappa shape index (κ1) is 23.1. The summed E-state index contributed by atoms with van der Waals surface area (Å²) in [5.41, 5.74) is 5.93. The predicted molar refractivity (Wildman–Crippen MR) is 119 cm³/mol. The van der Waals surface area contributed by atoms with Crippen LogP contribution in [0.4, 0.5) is 8.78 Å². The van der Waals surface area contributed by atoms with Gasteiger partial charge in [0, 0.05) is 29.6 Å². The highest BCUT2D eigenvalue weighted by molar-refractivity contribution is 8.13. The number of amidine groups is 1. The number of nitrogens with two attached hydrogens (primary N) is 1. The number of alkyl halides is 2. The molecule has 2 N–H and O–H groups in total. The molecule has 0 unspecified atom stereocenters. The van der Waals surface area contributed by atoms with Crippen molar-refractivity contribution in [1.82, 2.24) is 14.5 Å². The molecule has 166 valence electrons. The molecule has 32 heavy (non-hydrogen) atoms. The molecule has 0 spiro atoms. The van der Waals surface area contributed by atoms with Crippen LogP contribution in [0.15, 0.2) is 52.6 Å². The fourth-order valence-corrected chi connectivity index (χ4v) is 3.07. The second kappa shape index (κ2) is 9.69. The van der Waals surface area contributed by atoms with Crippen LogP contribution in [0.2, 0.25) is 0 Å². The normalized spacial score (nSPS) is 11.6. The summed E-state index contributed by atoms with van der Waals surface area (Å²) < 4.78 is 33.2. The number of methoxy groups -OCH3 is 1. The van der Waals surface area contributed by atoms with Crippen LogP contribution in [0.5, 0.6) is 5.75 Å². The van der Waals surface area contributed by atoms with E-state index >= 15 is 0 Å². The zero-order chi connectivity index (χ0) is 23.4. The zero-order valence-electron chi connectivity index (χ0n) is 17.4. The molecular formula is C21H19F2N5O3S. The fraction of sp³-hybridized carbons (Fsp3) is 0.190. The molecule has 3 heterocycles. The molecule has 11 heteroatoms. The van der Waals surface area contributed by atoms with Crippen molar-refractivity contribution in [1.29, 1.82) is 0 Å². The second-order valence-corrected chi connectivity index (χ2v) is 7.40. The Morgan fingerprint density at radius 3 is 2.59 bits per heavy atom. The lowest BCUT2D eigenvalue weighted by Crippen LogP contribution is -2.18. The number of ether oxygens (including phenoxy) is 1. The molecule has 0 saturated carbocycles. The smallest absolute Gasteiger partial charge is 0.281 e. The van der Waals surface area contributed by atoms with Crippen LogP contribution in [0.25, 0.3) is 16.9 Å². The number of thioether (sulfide) groups is 1. The quantitative estimate of drug-likeness (QED) is 0.460. The van der Waals surface area contributed by atoms with Crippen molar-refractivity contribution in [2.24, 2.45) is 10.7 Å². The molecule has 0 bridgehead atoms. The molecule has 0 aliphatic rings. The number of amides is 1. The largest absolute Gasteiger partial charge is 0.494 e. The van der Waals surface area contributed by atoms with Crippen LogP contribution in [-0.2, 0) is 0 Å². The number of rotatable bonds is 5. The Morgan fingerprint density at radius 2 is 1.97 bits per heavy atom. The number of hydrogen-bond donors (Lipinski definition) is 1. The third-order valence-electron chi connectivity index (χ3n) is 4.48. The van der Waals surface area contributed by atoms with Gasteiger partial charge in [-0.25, -0.2) is 13.8 Å². The van der Waals surface area contributed by atoms with E-state index in [0.29, 0.717) is 0 Å². The molecule has 0 aliphatic heterocycles. The van der Waals surface area contributed by atoms with Gasteiger partial charge in [-0.15, -0.1) is 0 Å².